The molecule has 0 aromatic rings. The molecule has 0 saturated heterocycles. The Morgan fingerprint density at radius 1 is 0.786 bits per heavy atom. The van der Waals surface area contributed by atoms with E-state index >= 15 is 0 Å². The van der Waals surface area contributed by atoms with Crippen LogP contribution < -0.4 is 0 Å². The number of rotatable bonds is 8. The summed E-state index contributed by atoms with van der Waals surface area (Å²) in [5.74, 6) is -1.77. The van der Waals surface area contributed by atoms with Gasteiger partial charge in [-0.2, -0.15) is 0 Å². The smallest absolute Gasteiger partial charge is 0.303 e. The van der Waals surface area contributed by atoms with Gasteiger partial charge in [0.2, 0.25) is 0 Å². The lowest BCUT2D eigenvalue weighted by Crippen LogP contribution is -2.30. The molecule has 0 saturated carbocycles. The highest BCUT2D eigenvalue weighted by molar-refractivity contribution is 9.09. The third-order valence-electron chi connectivity index (χ3n) is 3.73. The fourth-order valence-corrected chi connectivity index (χ4v) is 4.64. The molecule has 0 aliphatic carbocycles. The number of carbonyl (C=O) groups is 2. The van der Waals surface area contributed by atoms with E-state index in [9.17, 15) is 9.59 Å². The number of hydrogen-bond donors (Lipinski definition) is 2. The van der Waals surface area contributed by atoms with Crippen LogP contribution in [0.3, 0.4) is 0 Å². The van der Waals surface area contributed by atoms with Gasteiger partial charge in [-0.3, -0.25) is 9.59 Å². The molecular formula is C16H24BrCl7O4. The van der Waals surface area contributed by atoms with Gasteiger partial charge in [-0.05, 0) is 10.8 Å². The zero-order chi connectivity index (χ0) is 23.1. The van der Waals surface area contributed by atoms with E-state index in [4.69, 9.17) is 91.4 Å². The first-order chi connectivity index (χ1) is 12.1. The van der Waals surface area contributed by atoms with Crippen molar-refractivity contribution in [2.24, 2.45) is 10.8 Å². The lowest BCUT2D eigenvalue weighted by molar-refractivity contribution is -0.140. The summed E-state index contributed by atoms with van der Waals surface area (Å²) < 4.78 is -2.80. The van der Waals surface area contributed by atoms with E-state index in [0.29, 0.717) is 0 Å². The molecule has 168 valence electrons. The zero-order valence-corrected chi connectivity index (χ0v) is 22.6. The van der Waals surface area contributed by atoms with Gasteiger partial charge >= 0.3 is 11.9 Å². The zero-order valence-electron chi connectivity index (χ0n) is 15.7. The van der Waals surface area contributed by atoms with Crippen molar-refractivity contribution in [3.05, 3.63) is 0 Å². The standard InChI is InChI=1S/C8H12BrCl3O2.C8H12Cl4O2/c2*1-7(2,4-6(13)14)5(9)3-8(10,11)12/h2*5H,3-4H2,1-2H3,(H,13,14). The number of carboxylic acid groups (broad SMARTS) is 2. The summed E-state index contributed by atoms with van der Waals surface area (Å²) in [6.07, 6.45) is 0.378. The Balaban J connectivity index is 0. The van der Waals surface area contributed by atoms with Gasteiger partial charge in [0.1, 0.15) is 0 Å². The molecule has 4 nitrogen and oxygen atoms in total. The summed E-state index contributed by atoms with van der Waals surface area (Å²) in [5.41, 5.74) is -1.05. The van der Waals surface area contributed by atoms with Crippen LogP contribution in [-0.4, -0.2) is 39.9 Å². The Morgan fingerprint density at radius 2 is 1.11 bits per heavy atom. The van der Waals surface area contributed by atoms with Crippen LogP contribution in [0.15, 0.2) is 0 Å². The van der Waals surface area contributed by atoms with E-state index in [2.05, 4.69) is 15.9 Å². The Kier molecular flexibility index (Phi) is 14.1. The molecule has 0 heterocycles. The van der Waals surface area contributed by atoms with E-state index in [0.717, 1.165) is 0 Å². The second-order valence-corrected chi connectivity index (χ2v) is 14.4. The van der Waals surface area contributed by atoms with Crippen molar-refractivity contribution in [3.63, 3.8) is 0 Å². The minimum Gasteiger partial charge on any atom is -0.481 e. The van der Waals surface area contributed by atoms with Gasteiger partial charge in [0, 0.05) is 23.0 Å². The van der Waals surface area contributed by atoms with Gasteiger partial charge in [-0.15, -0.1) is 11.6 Å². The summed E-state index contributed by atoms with van der Waals surface area (Å²) in [7, 11) is 0. The second kappa shape index (κ2) is 12.5. The fourth-order valence-electron chi connectivity index (χ4n) is 1.96. The van der Waals surface area contributed by atoms with Crippen molar-refractivity contribution >= 4 is 109 Å². The molecule has 0 aliphatic rings. The molecule has 0 fully saturated rings. The number of carboxylic acids is 2. The summed E-state index contributed by atoms with van der Waals surface area (Å²) in [6.45, 7) is 7.10. The molecular weight excluding hydrogens is 584 g/mol. The molecule has 0 rings (SSSR count). The SMILES string of the molecule is CC(C)(CC(=O)O)C(Br)CC(Cl)(Cl)Cl.CC(C)(CC(=O)O)C(Cl)CC(Cl)(Cl)Cl. The lowest BCUT2D eigenvalue weighted by atomic mass is 9.84. The Bertz CT molecular complexity index is 470. The minimum absolute atomic E-state index is 0.0314. The monoisotopic (exact) mass is 604 g/mol. The average molecular weight is 608 g/mol. The van der Waals surface area contributed by atoms with E-state index in [-0.39, 0.29) is 30.5 Å². The minimum atomic E-state index is -1.44. The lowest BCUT2D eigenvalue weighted by Gasteiger charge is -2.30. The Hall–Kier alpha value is 1.45. The van der Waals surface area contributed by atoms with Crippen molar-refractivity contribution in [1.82, 2.24) is 0 Å². The molecule has 0 radical (unpaired) electrons. The number of aliphatic carboxylic acids is 2. The topological polar surface area (TPSA) is 74.6 Å². The molecule has 2 unspecified atom stereocenters. The van der Waals surface area contributed by atoms with Crippen LogP contribution >= 0.6 is 97.1 Å². The normalized spacial score (nSPS) is 15.3. The van der Waals surface area contributed by atoms with Crippen LogP contribution in [0.4, 0.5) is 0 Å². The number of hydrogen-bond acceptors (Lipinski definition) is 2. The van der Waals surface area contributed by atoms with Crippen molar-refractivity contribution < 1.29 is 19.8 Å². The summed E-state index contributed by atoms with van der Waals surface area (Å²) in [6, 6.07) is 0. The Labute approximate surface area is 209 Å². The van der Waals surface area contributed by atoms with Gasteiger partial charge in [0.05, 0.1) is 12.8 Å². The first-order valence-electron chi connectivity index (χ1n) is 7.94. The van der Waals surface area contributed by atoms with Gasteiger partial charge in [-0.1, -0.05) is 113 Å². The van der Waals surface area contributed by atoms with Crippen molar-refractivity contribution in [3.8, 4) is 0 Å². The van der Waals surface area contributed by atoms with Crippen molar-refractivity contribution in [2.75, 3.05) is 0 Å². The van der Waals surface area contributed by atoms with Gasteiger partial charge in [-0.25, -0.2) is 0 Å². The largest absolute Gasteiger partial charge is 0.481 e. The van der Waals surface area contributed by atoms with Gasteiger partial charge in [0.15, 0.2) is 7.59 Å². The summed E-state index contributed by atoms with van der Waals surface area (Å²) >= 11 is 42.9. The predicted molar refractivity (Wildman–Crippen MR) is 124 cm³/mol. The van der Waals surface area contributed by atoms with Gasteiger partial charge in [0.25, 0.3) is 0 Å². The maximum absolute atomic E-state index is 10.6. The van der Waals surface area contributed by atoms with Crippen molar-refractivity contribution in [1.29, 1.82) is 0 Å². The summed E-state index contributed by atoms with van der Waals surface area (Å²) in [5, 5.41) is 16.8. The van der Waals surface area contributed by atoms with Crippen molar-refractivity contribution in [2.45, 2.75) is 71.2 Å². The third-order valence-corrected chi connectivity index (χ3v) is 6.96. The van der Waals surface area contributed by atoms with Crippen LogP contribution in [0, 0.1) is 10.8 Å². The molecule has 0 amide bonds. The molecule has 0 aliphatic heterocycles. The first kappa shape index (κ1) is 31.6. The number of halogens is 8. The van der Waals surface area contributed by atoms with Gasteiger partial charge < -0.3 is 10.2 Å². The highest BCUT2D eigenvalue weighted by Gasteiger charge is 2.36. The van der Waals surface area contributed by atoms with Crippen LogP contribution in [0.1, 0.15) is 53.4 Å². The molecule has 0 aromatic carbocycles. The van der Waals surface area contributed by atoms with Crippen LogP contribution in [0.5, 0.6) is 0 Å². The van der Waals surface area contributed by atoms with E-state index in [1.807, 2.05) is 13.8 Å². The predicted octanol–water partition coefficient (Wildman–Crippen LogP) is 7.87. The van der Waals surface area contributed by atoms with Crippen LogP contribution in [0.2, 0.25) is 0 Å². The molecule has 2 N–H and O–H groups in total. The van der Waals surface area contributed by atoms with E-state index in [1.54, 1.807) is 13.8 Å². The van der Waals surface area contributed by atoms with Crippen LogP contribution in [0.25, 0.3) is 0 Å². The van der Waals surface area contributed by atoms with E-state index in [1.165, 1.54) is 0 Å². The molecule has 0 bridgehead atoms. The maximum atomic E-state index is 10.6. The van der Waals surface area contributed by atoms with E-state index < -0.39 is 35.7 Å². The quantitative estimate of drug-likeness (QED) is 0.275. The molecule has 0 spiro atoms. The molecule has 0 aromatic heterocycles. The first-order valence-corrected chi connectivity index (χ1v) is 11.6. The maximum Gasteiger partial charge on any atom is 0.303 e. The Morgan fingerprint density at radius 3 is 1.39 bits per heavy atom. The highest BCUT2D eigenvalue weighted by atomic mass is 79.9. The second-order valence-electron chi connectivity index (χ2n) is 7.69. The van der Waals surface area contributed by atoms with Crippen LogP contribution in [-0.2, 0) is 9.59 Å². The third kappa shape index (κ3) is 17.2. The summed E-state index contributed by atoms with van der Waals surface area (Å²) in [4.78, 5) is 20.9. The fraction of sp³-hybridized carbons (Fsp3) is 0.875. The highest BCUT2D eigenvalue weighted by Crippen LogP contribution is 2.42. The molecule has 28 heavy (non-hydrogen) atoms. The number of alkyl halides is 8. The molecule has 2 atom stereocenters. The average Bonchev–Trinajstić information content (AvgIpc) is 2.31. The molecule has 12 heteroatoms.